The van der Waals surface area contributed by atoms with Gasteiger partial charge >= 0.3 is 0 Å². The zero-order chi connectivity index (χ0) is 17.6. The van der Waals surface area contributed by atoms with Crippen LogP contribution in [0.25, 0.3) is 0 Å². The van der Waals surface area contributed by atoms with Crippen LogP contribution in [0.15, 0.2) is 42.5 Å². The van der Waals surface area contributed by atoms with Crippen molar-refractivity contribution in [1.82, 2.24) is 0 Å². The van der Waals surface area contributed by atoms with Gasteiger partial charge in [-0.3, -0.25) is 4.79 Å². The second kappa shape index (κ2) is 8.06. The van der Waals surface area contributed by atoms with Gasteiger partial charge in [0.15, 0.2) is 6.10 Å². The number of carbonyl (C=O) groups is 1. The van der Waals surface area contributed by atoms with Gasteiger partial charge < -0.3 is 14.8 Å². The van der Waals surface area contributed by atoms with Crippen molar-refractivity contribution in [1.29, 1.82) is 0 Å². The molecule has 0 heterocycles. The van der Waals surface area contributed by atoms with Crippen molar-refractivity contribution in [2.24, 2.45) is 0 Å². The molecule has 0 aliphatic heterocycles. The molecule has 2 aromatic carbocycles. The lowest BCUT2D eigenvalue weighted by Crippen LogP contribution is -2.30. The molecule has 1 unspecified atom stereocenters. The van der Waals surface area contributed by atoms with E-state index in [1.165, 1.54) is 24.0 Å². The Balaban J connectivity index is 1.65. The minimum atomic E-state index is -0.587. The molecular formula is C21H25NO3. The first-order valence-corrected chi connectivity index (χ1v) is 8.98. The van der Waals surface area contributed by atoms with Crippen LogP contribution >= 0.6 is 0 Å². The van der Waals surface area contributed by atoms with Crippen LogP contribution in [-0.4, -0.2) is 18.6 Å². The average molecular weight is 339 g/mol. The van der Waals surface area contributed by atoms with E-state index in [-0.39, 0.29) is 5.91 Å². The summed E-state index contributed by atoms with van der Waals surface area (Å²) in [4.78, 5) is 12.5. The third kappa shape index (κ3) is 4.32. The van der Waals surface area contributed by atoms with Gasteiger partial charge in [-0.15, -0.1) is 0 Å². The number of hydrogen-bond donors (Lipinski definition) is 1. The number of anilines is 1. The van der Waals surface area contributed by atoms with Crippen molar-refractivity contribution in [3.8, 4) is 11.5 Å². The summed E-state index contributed by atoms with van der Waals surface area (Å²) >= 11 is 0. The predicted molar refractivity (Wildman–Crippen MR) is 99.4 cm³/mol. The van der Waals surface area contributed by atoms with Gasteiger partial charge in [-0.05, 0) is 74.9 Å². The third-order valence-corrected chi connectivity index (χ3v) is 4.45. The molecule has 3 rings (SSSR count). The first-order valence-electron chi connectivity index (χ1n) is 8.98. The number of amides is 1. The Morgan fingerprint density at radius 1 is 1.12 bits per heavy atom. The molecule has 0 fully saturated rings. The Labute approximate surface area is 149 Å². The first kappa shape index (κ1) is 17.3. The highest BCUT2D eigenvalue weighted by Gasteiger charge is 2.18. The van der Waals surface area contributed by atoms with Gasteiger partial charge in [-0.1, -0.05) is 18.2 Å². The SMILES string of the molecule is CCOc1ccccc1NC(=O)C(C)Oc1ccc2c(c1)CCCC2. The number of hydrogen-bond acceptors (Lipinski definition) is 3. The summed E-state index contributed by atoms with van der Waals surface area (Å²) in [5.41, 5.74) is 3.41. The van der Waals surface area contributed by atoms with Gasteiger partial charge in [0.2, 0.25) is 0 Å². The molecule has 0 bridgehead atoms. The molecule has 0 saturated carbocycles. The minimum absolute atomic E-state index is 0.190. The zero-order valence-electron chi connectivity index (χ0n) is 14.9. The molecule has 2 aromatic rings. The Morgan fingerprint density at radius 3 is 2.68 bits per heavy atom. The normalized spacial score (nSPS) is 14.3. The van der Waals surface area contributed by atoms with E-state index < -0.39 is 6.10 Å². The molecule has 132 valence electrons. The van der Waals surface area contributed by atoms with Crippen LogP contribution in [0.5, 0.6) is 11.5 Å². The molecular weight excluding hydrogens is 314 g/mol. The summed E-state index contributed by atoms with van der Waals surface area (Å²) in [6.07, 6.45) is 4.12. The van der Waals surface area contributed by atoms with E-state index in [1.54, 1.807) is 6.92 Å². The highest BCUT2D eigenvalue weighted by atomic mass is 16.5. The summed E-state index contributed by atoms with van der Waals surface area (Å²) in [6.45, 7) is 4.23. The van der Waals surface area contributed by atoms with E-state index in [0.29, 0.717) is 18.0 Å². The van der Waals surface area contributed by atoms with Gasteiger partial charge in [-0.25, -0.2) is 0 Å². The van der Waals surface area contributed by atoms with Crippen LogP contribution in [0.2, 0.25) is 0 Å². The van der Waals surface area contributed by atoms with Gasteiger partial charge in [0.25, 0.3) is 5.91 Å². The summed E-state index contributed by atoms with van der Waals surface area (Å²) in [5.74, 6) is 1.23. The van der Waals surface area contributed by atoms with Crippen LogP contribution < -0.4 is 14.8 Å². The number of aryl methyl sites for hydroxylation is 2. The molecule has 1 aliphatic rings. The summed E-state index contributed by atoms with van der Waals surface area (Å²) in [7, 11) is 0. The molecule has 25 heavy (non-hydrogen) atoms. The number of benzene rings is 2. The van der Waals surface area contributed by atoms with E-state index in [4.69, 9.17) is 9.47 Å². The lowest BCUT2D eigenvalue weighted by atomic mass is 9.92. The molecule has 4 heteroatoms. The number of carbonyl (C=O) groups excluding carboxylic acids is 1. The number of rotatable bonds is 6. The lowest BCUT2D eigenvalue weighted by Gasteiger charge is -2.19. The van der Waals surface area contributed by atoms with E-state index >= 15 is 0 Å². The van der Waals surface area contributed by atoms with Crippen LogP contribution in [0.4, 0.5) is 5.69 Å². The van der Waals surface area contributed by atoms with Gasteiger partial charge in [0, 0.05) is 0 Å². The first-order chi connectivity index (χ1) is 12.2. The highest BCUT2D eigenvalue weighted by Crippen LogP contribution is 2.27. The van der Waals surface area contributed by atoms with Gasteiger partial charge in [0.05, 0.1) is 12.3 Å². The maximum absolute atomic E-state index is 12.5. The van der Waals surface area contributed by atoms with Crippen LogP contribution in [0.3, 0.4) is 0 Å². The lowest BCUT2D eigenvalue weighted by molar-refractivity contribution is -0.122. The molecule has 0 radical (unpaired) electrons. The largest absolute Gasteiger partial charge is 0.492 e. The molecule has 0 aromatic heterocycles. The van der Waals surface area contributed by atoms with Crippen LogP contribution in [0.1, 0.15) is 37.8 Å². The third-order valence-electron chi connectivity index (χ3n) is 4.45. The number of fused-ring (bicyclic) bond motifs is 1. The molecule has 4 nitrogen and oxygen atoms in total. The van der Waals surface area contributed by atoms with Gasteiger partial charge in [0.1, 0.15) is 11.5 Å². The van der Waals surface area contributed by atoms with Crippen molar-refractivity contribution >= 4 is 11.6 Å². The van der Waals surface area contributed by atoms with Crippen molar-refractivity contribution in [2.45, 2.75) is 45.6 Å². The van der Waals surface area contributed by atoms with E-state index in [9.17, 15) is 4.79 Å². The minimum Gasteiger partial charge on any atom is -0.492 e. The Bertz CT molecular complexity index is 742. The second-order valence-electron chi connectivity index (χ2n) is 6.32. The fourth-order valence-corrected chi connectivity index (χ4v) is 3.13. The summed E-state index contributed by atoms with van der Waals surface area (Å²) < 4.78 is 11.4. The number of ether oxygens (including phenoxy) is 2. The topological polar surface area (TPSA) is 47.6 Å². The summed E-state index contributed by atoms with van der Waals surface area (Å²) in [5, 5.41) is 2.89. The maximum atomic E-state index is 12.5. The highest BCUT2D eigenvalue weighted by molar-refractivity contribution is 5.95. The molecule has 0 saturated heterocycles. The molecule has 1 atom stereocenters. The fraction of sp³-hybridized carbons (Fsp3) is 0.381. The number of nitrogens with one attached hydrogen (secondary N) is 1. The molecule has 1 N–H and O–H groups in total. The van der Waals surface area contributed by atoms with Crippen molar-refractivity contribution in [2.75, 3.05) is 11.9 Å². The Hall–Kier alpha value is -2.49. The van der Waals surface area contributed by atoms with Crippen LogP contribution in [-0.2, 0) is 17.6 Å². The fourth-order valence-electron chi connectivity index (χ4n) is 3.13. The van der Waals surface area contributed by atoms with Crippen LogP contribution in [0, 0.1) is 0 Å². The van der Waals surface area contributed by atoms with Gasteiger partial charge in [-0.2, -0.15) is 0 Å². The molecule has 0 spiro atoms. The monoisotopic (exact) mass is 339 g/mol. The maximum Gasteiger partial charge on any atom is 0.265 e. The smallest absolute Gasteiger partial charge is 0.265 e. The van der Waals surface area contributed by atoms with E-state index in [2.05, 4.69) is 17.4 Å². The number of para-hydroxylation sites is 2. The molecule has 1 amide bonds. The Morgan fingerprint density at radius 2 is 1.88 bits per heavy atom. The summed E-state index contributed by atoms with van der Waals surface area (Å²) in [6, 6.07) is 13.6. The van der Waals surface area contributed by atoms with E-state index in [0.717, 1.165) is 18.6 Å². The van der Waals surface area contributed by atoms with E-state index in [1.807, 2.05) is 37.3 Å². The standard InChI is InChI=1S/C21H25NO3/c1-3-24-20-11-7-6-10-19(20)22-21(23)15(2)25-18-13-12-16-8-4-5-9-17(16)14-18/h6-7,10-15H,3-5,8-9H2,1-2H3,(H,22,23). The Kier molecular flexibility index (Phi) is 5.59. The second-order valence-corrected chi connectivity index (χ2v) is 6.32. The molecule has 1 aliphatic carbocycles. The average Bonchev–Trinajstić information content (AvgIpc) is 2.63. The van der Waals surface area contributed by atoms with Crippen molar-refractivity contribution in [3.05, 3.63) is 53.6 Å². The zero-order valence-corrected chi connectivity index (χ0v) is 14.9. The van der Waals surface area contributed by atoms with Crippen molar-refractivity contribution in [3.63, 3.8) is 0 Å². The quantitative estimate of drug-likeness (QED) is 0.850. The van der Waals surface area contributed by atoms with Crippen molar-refractivity contribution < 1.29 is 14.3 Å². The predicted octanol–water partition coefficient (Wildman–Crippen LogP) is 4.37.